The molecule has 0 saturated carbocycles. The van der Waals surface area contributed by atoms with Crippen molar-refractivity contribution < 1.29 is 79.1 Å². The number of benzene rings is 2. The van der Waals surface area contributed by atoms with Gasteiger partial charge in [0.2, 0.25) is 0 Å². The third kappa shape index (κ3) is 16.6. The molecule has 2 atom stereocenters. The smallest absolute Gasteiger partial charge is 0.257 e. The highest BCUT2D eigenvalue weighted by molar-refractivity contribution is 14.1. The number of halogens is 6. The van der Waals surface area contributed by atoms with Crippen molar-refractivity contribution >= 4 is 171 Å². The van der Waals surface area contributed by atoms with Crippen molar-refractivity contribution in [2.75, 3.05) is 92.1 Å². The number of aliphatic hydroxyl groups is 8. The summed E-state index contributed by atoms with van der Waals surface area (Å²) in [6, 6.07) is 0. The second-order valence-electron chi connectivity index (χ2n) is 13.0. The van der Waals surface area contributed by atoms with E-state index < -0.39 is 92.7 Å². The molecule has 0 spiro atoms. The highest BCUT2D eigenvalue weighted by Crippen LogP contribution is 2.39. The van der Waals surface area contributed by atoms with Gasteiger partial charge in [0.1, 0.15) is 11.5 Å². The van der Waals surface area contributed by atoms with Crippen molar-refractivity contribution in [1.82, 2.24) is 31.9 Å². The SMILES string of the molecule is O=C(COc1c(I)c(C(=O)NCCO)c(I)c(C(=O)NCC(O)CO)c1I)NCC(CO)(CO)CNC(=O)COc1c(I)c(C(=O)NCCO)c(I)c(C(=O)NCC(O)CO)c1I. The fourth-order valence-electron chi connectivity index (χ4n) is 4.86. The molecule has 14 N–H and O–H groups in total. The maximum atomic E-state index is 13.2. The maximum absolute atomic E-state index is 13.2. The summed E-state index contributed by atoms with van der Waals surface area (Å²) in [5.41, 5.74) is -1.56. The van der Waals surface area contributed by atoms with E-state index in [0.29, 0.717) is 0 Å². The minimum absolute atomic E-state index is 0.00368. The van der Waals surface area contributed by atoms with Crippen molar-refractivity contribution in [2.24, 2.45) is 5.41 Å². The van der Waals surface area contributed by atoms with Crippen LogP contribution in [0.2, 0.25) is 0 Å². The molecule has 0 aliphatic rings. The van der Waals surface area contributed by atoms with Crippen LogP contribution in [0.1, 0.15) is 41.4 Å². The Hall–Kier alpha value is -1.08. The molecule has 0 fully saturated rings. The van der Waals surface area contributed by atoms with Crippen molar-refractivity contribution in [1.29, 1.82) is 0 Å². The molecule has 0 aliphatic heterocycles. The third-order valence-electron chi connectivity index (χ3n) is 8.36. The molecule has 352 valence electrons. The van der Waals surface area contributed by atoms with E-state index >= 15 is 0 Å². The standard InChI is InChI=1S/C35H44I6N6O16/c36-23-19(31(58)42-1-3-48)25(38)29(27(40)21(23)33(60)44-5-15(54)7-50)62-9-17(56)46-11-35(13-52,14-53)12-47-18(57)10-63-30-26(39)20(32(59)43-2-4-49)24(37)22(28(30)41)34(61)45-6-16(55)8-51/h15-16,48-55H,1-14H2,(H,42,58)(H,43,59)(H,44,60)(H,45,61)(H,46,56)(H,47,57). The highest BCUT2D eigenvalue weighted by Gasteiger charge is 2.33. The monoisotopic (exact) mass is 1570 g/mol. The molecule has 6 amide bonds. The van der Waals surface area contributed by atoms with Gasteiger partial charge in [-0.05, 0) is 136 Å². The lowest BCUT2D eigenvalue weighted by Gasteiger charge is -2.30. The molecule has 0 aromatic heterocycles. The molecule has 2 aromatic rings. The molecular weight excluding hydrogens is 1520 g/mol. The lowest BCUT2D eigenvalue weighted by atomic mass is 9.89. The highest BCUT2D eigenvalue weighted by atomic mass is 127. The van der Waals surface area contributed by atoms with Gasteiger partial charge < -0.3 is 82.2 Å². The van der Waals surface area contributed by atoms with E-state index in [9.17, 15) is 59.4 Å². The summed E-state index contributed by atoms with van der Waals surface area (Å²) in [5.74, 6) is -4.35. The van der Waals surface area contributed by atoms with E-state index in [0.717, 1.165) is 0 Å². The normalized spacial score (nSPS) is 12.2. The van der Waals surface area contributed by atoms with Gasteiger partial charge >= 0.3 is 0 Å². The van der Waals surface area contributed by atoms with E-state index in [1.807, 2.05) is 45.2 Å². The summed E-state index contributed by atoms with van der Waals surface area (Å²) >= 11 is 10.8. The van der Waals surface area contributed by atoms with Crippen LogP contribution in [0.3, 0.4) is 0 Å². The Labute approximate surface area is 441 Å². The van der Waals surface area contributed by atoms with E-state index in [1.165, 1.54) is 0 Å². The Balaban J connectivity index is 2.27. The number of hydrogen-bond acceptors (Lipinski definition) is 16. The number of hydrogen-bond donors (Lipinski definition) is 14. The van der Waals surface area contributed by atoms with Gasteiger partial charge in [-0.2, -0.15) is 0 Å². The Morgan fingerprint density at radius 3 is 1.05 bits per heavy atom. The second kappa shape index (κ2) is 29.0. The predicted octanol–water partition coefficient (Wildman–Crippen LogP) is -2.41. The van der Waals surface area contributed by atoms with Gasteiger partial charge in [-0.1, -0.05) is 0 Å². The van der Waals surface area contributed by atoms with Crippen LogP contribution in [0.4, 0.5) is 0 Å². The van der Waals surface area contributed by atoms with Crippen LogP contribution in [0.25, 0.3) is 0 Å². The van der Waals surface area contributed by atoms with Crippen LogP contribution >= 0.6 is 136 Å². The minimum atomic E-state index is -1.52. The summed E-state index contributed by atoms with van der Waals surface area (Å²) in [6.45, 7) is -6.42. The number of aliphatic hydroxyl groups excluding tert-OH is 8. The zero-order valence-corrected chi connectivity index (χ0v) is 45.6. The largest absolute Gasteiger partial charge is 0.481 e. The van der Waals surface area contributed by atoms with E-state index in [-0.39, 0.29) is 108 Å². The average Bonchev–Trinajstić information content (AvgIpc) is 3.25. The van der Waals surface area contributed by atoms with Crippen molar-refractivity contribution in [3.8, 4) is 11.5 Å². The van der Waals surface area contributed by atoms with Gasteiger partial charge in [0.15, 0.2) is 13.2 Å². The number of ether oxygens (including phenoxy) is 2. The van der Waals surface area contributed by atoms with Gasteiger partial charge in [0.25, 0.3) is 35.4 Å². The van der Waals surface area contributed by atoms with Crippen LogP contribution < -0.4 is 41.4 Å². The van der Waals surface area contributed by atoms with Crippen molar-refractivity contribution in [2.45, 2.75) is 12.2 Å². The molecule has 0 bridgehead atoms. The average molecular weight is 1570 g/mol. The minimum Gasteiger partial charge on any atom is -0.481 e. The number of nitrogens with one attached hydrogen (secondary N) is 6. The summed E-state index contributed by atoms with van der Waals surface area (Å²) in [6.07, 6.45) is -2.52. The van der Waals surface area contributed by atoms with Crippen molar-refractivity contribution in [3.63, 3.8) is 0 Å². The summed E-state index contributed by atoms with van der Waals surface area (Å²) in [7, 11) is 0. The molecule has 63 heavy (non-hydrogen) atoms. The fourth-order valence-corrected chi connectivity index (χ4v) is 13.8. The Kier molecular flexibility index (Phi) is 26.7. The van der Waals surface area contributed by atoms with Crippen LogP contribution in [-0.2, 0) is 9.59 Å². The molecule has 2 unspecified atom stereocenters. The van der Waals surface area contributed by atoms with Crippen LogP contribution in [0.5, 0.6) is 11.5 Å². The zero-order valence-electron chi connectivity index (χ0n) is 32.7. The predicted molar refractivity (Wildman–Crippen MR) is 272 cm³/mol. The first kappa shape index (κ1) is 58.0. The quantitative estimate of drug-likeness (QED) is 0.0436. The summed E-state index contributed by atoms with van der Waals surface area (Å²) in [5, 5.41) is 91.9. The first-order chi connectivity index (χ1) is 29.8. The molecule has 28 heteroatoms. The van der Waals surface area contributed by atoms with E-state index in [4.69, 9.17) is 19.7 Å². The van der Waals surface area contributed by atoms with E-state index in [1.54, 1.807) is 90.4 Å². The summed E-state index contributed by atoms with van der Waals surface area (Å²) in [4.78, 5) is 79.0. The van der Waals surface area contributed by atoms with Gasteiger partial charge in [-0.25, -0.2) is 0 Å². The molecule has 2 rings (SSSR count). The first-order valence-electron chi connectivity index (χ1n) is 18.1. The molecule has 0 heterocycles. The Morgan fingerprint density at radius 1 is 0.476 bits per heavy atom. The first-order valence-corrected chi connectivity index (χ1v) is 24.6. The second-order valence-corrected chi connectivity index (χ2v) is 19.5. The van der Waals surface area contributed by atoms with Crippen LogP contribution in [0, 0.1) is 26.8 Å². The van der Waals surface area contributed by atoms with Gasteiger partial charge in [-0.3, -0.25) is 28.8 Å². The molecule has 0 radical (unpaired) electrons. The molecule has 0 aliphatic carbocycles. The van der Waals surface area contributed by atoms with Crippen molar-refractivity contribution in [3.05, 3.63) is 43.7 Å². The molecule has 22 nitrogen and oxygen atoms in total. The third-order valence-corrected chi connectivity index (χ3v) is 14.6. The number of rotatable bonds is 26. The number of carbonyl (C=O) groups excluding carboxylic acids is 6. The van der Waals surface area contributed by atoms with Crippen LogP contribution in [0.15, 0.2) is 0 Å². The van der Waals surface area contributed by atoms with Gasteiger partial charge in [0, 0.05) is 46.4 Å². The Bertz CT molecular complexity index is 1850. The lowest BCUT2D eigenvalue weighted by molar-refractivity contribution is -0.124. The molecule has 0 saturated heterocycles. The maximum Gasteiger partial charge on any atom is 0.257 e. The number of amides is 6. The lowest BCUT2D eigenvalue weighted by Crippen LogP contribution is -2.51. The van der Waals surface area contributed by atoms with Gasteiger partial charge in [-0.15, -0.1) is 0 Å². The zero-order chi connectivity index (χ0) is 47.6. The topological polar surface area (TPSA) is 355 Å². The molecule has 2 aromatic carbocycles. The summed E-state index contributed by atoms with van der Waals surface area (Å²) < 4.78 is 12.9. The fraction of sp³-hybridized carbons (Fsp3) is 0.486. The van der Waals surface area contributed by atoms with Gasteiger partial charge in [0.05, 0.1) is 93.8 Å². The number of carbonyl (C=O) groups is 6. The van der Waals surface area contributed by atoms with E-state index in [2.05, 4.69) is 31.9 Å². The molecular formula is C35H44I6N6O16. The Morgan fingerprint density at radius 2 is 0.778 bits per heavy atom. The van der Waals surface area contributed by atoms with Crippen LogP contribution in [-0.4, -0.2) is 181 Å².